The highest BCUT2D eigenvalue weighted by molar-refractivity contribution is 8.26. The number of nitro groups is 1. The van der Waals surface area contributed by atoms with Gasteiger partial charge in [-0.05, 0) is 51.1 Å². The van der Waals surface area contributed by atoms with Crippen molar-refractivity contribution in [3.05, 3.63) is 63.3 Å². The van der Waals surface area contributed by atoms with Crippen LogP contribution in [-0.2, 0) is 4.79 Å². The van der Waals surface area contributed by atoms with Crippen LogP contribution in [0.4, 0.5) is 5.69 Å². The molecule has 1 saturated heterocycles. The Kier molecular flexibility index (Phi) is 4.72. The van der Waals surface area contributed by atoms with E-state index >= 15 is 0 Å². The maximum Gasteiger partial charge on any atom is 0.269 e. The third kappa shape index (κ3) is 3.42. The zero-order valence-corrected chi connectivity index (χ0v) is 16.1. The number of rotatable bonds is 3. The van der Waals surface area contributed by atoms with Crippen LogP contribution in [-0.4, -0.2) is 30.2 Å². The van der Waals surface area contributed by atoms with Gasteiger partial charge in [-0.3, -0.25) is 19.8 Å². The summed E-state index contributed by atoms with van der Waals surface area (Å²) in [6.45, 7) is 5.83. The molecule has 1 aliphatic rings. The summed E-state index contributed by atoms with van der Waals surface area (Å²) in [6.07, 6.45) is 3.64. The lowest BCUT2D eigenvalue weighted by Crippen LogP contribution is -2.44. The van der Waals surface area contributed by atoms with E-state index in [0.717, 1.165) is 11.4 Å². The fourth-order valence-electron chi connectivity index (χ4n) is 2.66. The molecule has 0 radical (unpaired) electrons. The first-order chi connectivity index (χ1) is 12.2. The smallest absolute Gasteiger partial charge is 0.269 e. The van der Waals surface area contributed by atoms with Crippen LogP contribution in [0.15, 0.2) is 47.5 Å². The summed E-state index contributed by atoms with van der Waals surface area (Å²) in [6, 6.07) is 10.0. The molecule has 0 unspecified atom stereocenters. The lowest BCUT2D eigenvalue weighted by Gasteiger charge is -2.30. The number of nitrogens with zero attached hydrogens (tertiary/aromatic N) is 3. The second-order valence-electron chi connectivity index (χ2n) is 6.76. The highest BCUT2D eigenvalue weighted by atomic mass is 32.2. The van der Waals surface area contributed by atoms with Crippen LogP contribution in [0.2, 0.25) is 0 Å². The van der Waals surface area contributed by atoms with Crippen LogP contribution >= 0.6 is 24.0 Å². The average Bonchev–Trinajstić information content (AvgIpc) is 3.12. The molecule has 134 valence electrons. The van der Waals surface area contributed by atoms with E-state index in [1.54, 1.807) is 23.1 Å². The van der Waals surface area contributed by atoms with Crippen molar-refractivity contribution in [1.29, 1.82) is 0 Å². The molecule has 0 N–H and O–H groups in total. The number of amides is 1. The van der Waals surface area contributed by atoms with Crippen LogP contribution in [0, 0.1) is 10.1 Å². The maximum absolute atomic E-state index is 12.7. The Morgan fingerprint density at radius 1 is 1.19 bits per heavy atom. The van der Waals surface area contributed by atoms with Crippen molar-refractivity contribution in [3.63, 3.8) is 0 Å². The Labute approximate surface area is 160 Å². The fraction of sp³-hybridized carbons (Fsp3) is 0.222. The van der Waals surface area contributed by atoms with E-state index in [0.29, 0.717) is 9.23 Å². The molecule has 0 bridgehead atoms. The average molecular weight is 387 g/mol. The molecular weight excluding hydrogens is 370 g/mol. The predicted octanol–water partition coefficient (Wildman–Crippen LogP) is 4.39. The Balaban J connectivity index is 1.94. The fourth-order valence-corrected chi connectivity index (χ4v) is 4.28. The summed E-state index contributed by atoms with van der Waals surface area (Å²) in [5, 5.41) is 10.8. The molecule has 3 rings (SSSR count). The zero-order chi connectivity index (χ0) is 19.1. The standard InChI is InChI=1S/C18H17N3O3S2/c1-18(2,3)20-16(22)15(26-17(20)25)11-14-5-4-10-19(14)12-6-8-13(9-7-12)21(23)24/h4-11H,1-3H3/b15-11+. The number of carbonyl (C=O) groups is 1. The van der Waals surface area contributed by atoms with Crippen LogP contribution in [0.1, 0.15) is 26.5 Å². The minimum atomic E-state index is -0.432. The number of hydrogen-bond donors (Lipinski definition) is 0. The van der Waals surface area contributed by atoms with Gasteiger partial charge in [0.1, 0.15) is 4.32 Å². The topological polar surface area (TPSA) is 68.4 Å². The first kappa shape index (κ1) is 18.3. The van der Waals surface area contributed by atoms with Gasteiger partial charge in [0.2, 0.25) is 0 Å². The lowest BCUT2D eigenvalue weighted by atomic mass is 10.1. The van der Waals surface area contributed by atoms with Gasteiger partial charge >= 0.3 is 0 Å². The molecule has 1 aliphatic heterocycles. The number of non-ortho nitro benzene ring substituents is 1. The Hall–Kier alpha value is -2.45. The predicted molar refractivity (Wildman–Crippen MR) is 107 cm³/mol. The molecule has 1 amide bonds. The van der Waals surface area contributed by atoms with Crippen molar-refractivity contribution in [2.45, 2.75) is 26.3 Å². The summed E-state index contributed by atoms with van der Waals surface area (Å²) in [5.41, 5.74) is 1.23. The van der Waals surface area contributed by atoms with Crippen molar-refractivity contribution < 1.29 is 9.72 Å². The van der Waals surface area contributed by atoms with Gasteiger partial charge in [0, 0.05) is 35.2 Å². The molecule has 2 heterocycles. The molecule has 1 aromatic heterocycles. The molecule has 0 aliphatic carbocycles. The van der Waals surface area contributed by atoms with Gasteiger partial charge in [-0.1, -0.05) is 24.0 Å². The number of hydrogen-bond acceptors (Lipinski definition) is 5. The number of carbonyl (C=O) groups excluding carboxylic acids is 1. The molecule has 8 heteroatoms. The molecule has 6 nitrogen and oxygen atoms in total. The van der Waals surface area contributed by atoms with Crippen LogP contribution in [0.5, 0.6) is 0 Å². The third-order valence-electron chi connectivity index (χ3n) is 3.86. The molecule has 1 fully saturated rings. The number of benzene rings is 1. The Bertz CT molecular complexity index is 924. The van der Waals surface area contributed by atoms with E-state index in [1.807, 2.05) is 43.7 Å². The van der Waals surface area contributed by atoms with Gasteiger partial charge in [-0.25, -0.2) is 0 Å². The summed E-state index contributed by atoms with van der Waals surface area (Å²) >= 11 is 6.64. The van der Waals surface area contributed by atoms with Crippen molar-refractivity contribution in [2.75, 3.05) is 0 Å². The number of nitro benzene ring substituents is 1. The Morgan fingerprint density at radius 3 is 2.38 bits per heavy atom. The SMILES string of the molecule is CC(C)(C)N1C(=O)/C(=C\c2cccn2-c2ccc([N+](=O)[O-])cc2)SC1=S. The normalized spacial score (nSPS) is 16.6. The van der Waals surface area contributed by atoms with Gasteiger partial charge in [0.25, 0.3) is 11.6 Å². The van der Waals surface area contributed by atoms with E-state index < -0.39 is 4.92 Å². The molecule has 2 aromatic rings. The number of thiocarbonyl (C=S) groups is 1. The van der Waals surface area contributed by atoms with Crippen molar-refractivity contribution in [2.24, 2.45) is 0 Å². The van der Waals surface area contributed by atoms with E-state index in [4.69, 9.17) is 12.2 Å². The first-order valence-corrected chi connectivity index (χ1v) is 9.11. The highest BCUT2D eigenvalue weighted by Crippen LogP contribution is 2.37. The first-order valence-electron chi connectivity index (χ1n) is 7.89. The summed E-state index contributed by atoms with van der Waals surface area (Å²) in [5.74, 6) is -0.107. The van der Waals surface area contributed by atoms with Crippen LogP contribution in [0.3, 0.4) is 0 Å². The van der Waals surface area contributed by atoms with Gasteiger partial charge < -0.3 is 4.57 Å². The van der Waals surface area contributed by atoms with Crippen molar-refractivity contribution >= 4 is 46.0 Å². The summed E-state index contributed by atoms with van der Waals surface area (Å²) in [4.78, 5) is 25.3. The molecule has 26 heavy (non-hydrogen) atoms. The minimum Gasteiger partial charge on any atom is -0.317 e. The second-order valence-corrected chi connectivity index (χ2v) is 8.44. The van der Waals surface area contributed by atoms with E-state index in [9.17, 15) is 14.9 Å². The van der Waals surface area contributed by atoms with E-state index in [-0.39, 0.29) is 17.1 Å². The molecular formula is C18H17N3O3S2. The van der Waals surface area contributed by atoms with Crippen molar-refractivity contribution in [3.8, 4) is 5.69 Å². The highest BCUT2D eigenvalue weighted by Gasteiger charge is 2.39. The van der Waals surface area contributed by atoms with E-state index in [1.165, 1.54) is 23.9 Å². The van der Waals surface area contributed by atoms with Gasteiger partial charge in [0.15, 0.2) is 0 Å². The van der Waals surface area contributed by atoms with Crippen LogP contribution in [0.25, 0.3) is 11.8 Å². The second kappa shape index (κ2) is 6.69. The van der Waals surface area contributed by atoms with Crippen molar-refractivity contribution in [1.82, 2.24) is 9.47 Å². The maximum atomic E-state index is 12.7. The summed E-state index contributed by atoms with van der Waals surface area (Å²) < 4.78 is 2.41. The minimum absolute atomic E-state index is 0.0357. The van der Waals surface area contributed by atoms with Gasteiger partial charge in [-0.2, -0.15) is 0 Å². The zero-order valence-electron chi connectivity index (χ0n) is 14.5. The van der Waals surface area contributed by atoms with Gasteiger partial charge in [-0.15, -0.1) is 0 Å². The Morgan fingerprint density at radius 2 is 1.85 bits per heavy atom. The summed E-state index contributed by atoms with van der Waals surface area (Å²) in [7, 11) is 0. The largest absolute Gasteiger partial charge is 0.317 e. The number of thioether (sulfide) groups is 1. The third-order valence-corrected chi connectivity index (χ3v) is 5.16. The molecule has 0 atom stereocenters. The lowest BCUT2D eigenvalue weighted by molar-refractivity contribution is -0.384. The molecule has 0 saturated carbocycles. The van der Waals surface area contributed by atoms with E-state index in [2.05, 4.69) is 0 Å². The van der Waals surface area contributed by atoms with Gasteiger partial charge in [0.05, 0.1) is 9.83 Å². The molecule has 1 aromatic carbocycles. The quantitative estimate of drug-likeness (QED) is 0.338. The number of aromatic nitrogens is 1. The molecule has 0 spiro atoms. The van der Waals surface area contributed by atoms with Crippen LogP contribution < -0.4 is 0 Å². The monoisotopic (exact) mass is 387 g/mol.